The highest BCUT2D eigenvalue weighted by Gasteiger charge is 2.14. The number of ether oxygens (including phenoxy) is 1. The van der Waals surface area contributed by atoms with E-state index >= 15 is 0 Å². The molecule has 0 aromatic heterocycles. The Balaban J connectivity index is 2.01. The van der Waals surface area contributed by atoms with E-state index < -0.39 is 0 Å². The van der Waals surface area contributed by atoms with Crippen LogP contribution in [0.2, 0.25) is 0 Å². The van der Waals surface area contributed by atoms with Crippen molar-refractivity contribution in [3.63, 3.8) is 0 Å². The predicted octanol–water partition coefficient (Wildman–Crippen LogP) is 0.917. The number of carbonyl (C=O) groups excluding carboxylic acids is 1. The van der Waals surface area contributed by atoms with E-state index in [9.17, 15) is 4.79 Å². The number of nitrogens with one attached hydrogen (secondary N) is 2. The van der Waals surface area contributed by atoms with E-state index in [-0.39, 0.29) is 11.9 Å². The molecule has 0 bridgehead atoms. The van der Waals surface area contributed by atoms with E-state index in [0.29, 0.717) is 13.2 Å². The van der Waals surface area contributed by atoms with Gasteiger partial charge in [0.2, 0.25) is 5.91 Å². The fraction of sp³-hybridized carbons (Fsp3) is 0.917. The molecule has 0 aliphatic heterocycles. The molecule has 1 saturated carbocycles. The summed E-state index contributed by atoms with van der Waals surface area (Å²) in [6.45, 7) is 3.91. The Morgan fingerprint density at radius 2 is 2.12 bits per heavy atom. The van der Waals surface area contributed by atoms with Gasteiger partial charge in [0, 0.05) is 13.2 Å². The minimum Gasteiger partial charge on any atom is -0.383 e. The Hall–Kier alpha value is -0.610. The van der Waals surface area contributed by atoms with Gasteiger partial charge in [-0.05, 0) is 32.2 Å². The maximum Gasteiger partial charge on any atom is 0.234 e. The Morgan fingerprint density at radius 3 is 2.75 bits per heavy atom. The van der Waals surface area contributed by atoms with E-state index in [1.807, 2.05) is 6.92 Å². The van der Waals surface area contributed by atoms with Crippen LogP contribution in [0.1, 0.15) is 32.6 Å². The molecule has 0 aromatic carbocycles. The molecule has 1 atom stereocenters. The summed E-state index contributed by atoms with van der Waals surface area (Å²) < 4.78 is 4.96. The van der Waals surface area contributed by atoms with Gasteiger partial charge < -0.3 is 15.4 Å². The SMILES string of the molecule is COCC(C)NC(=O)CNCC1CCCC1. The topological polar surface area (TPSA) is 50.4 Å². The highest BCUT2D eigenvalue weighted by atomic mass is 16.5. The number of rotatable bonds is 7. The molecular weight excluding hydrogens is 204 g/mol. The van der Waals surface area contributed by atoms with Crippen LogP contribution in [0.5, 0.6) is 0 Å². The second-order valence-electron chi connectivity index (χ2n) is 4.71. The summed E-state index contributed by atoms with van der Waals surface area (Å²) in [5.41, 5.74) is 0. The third kappa shape index (κ3) is 5.47. The Kier molecular flexibility index (Phi) is 6.42. The van der Waals surface area contributed by atoms with Crippen LogP contribution in [-0.4, -0.2) is 38.8 Å². The first-order valence-electron chi connectivity index (χ1n) is 6.21. The first kappa shape index (κ1) is 13.5. The predicted molar refractivity (Wildman–Crippen MR) is 64.3 cm³/mol. The molecule has 1 rings (SSSR count). The van der Waals surface area contributed by atoms with Crippen LogP contribution in [0.3, 0.4) is 0 Å². The molecule has 94 valence electrons. The van der Waals surface area contributed by atoms with Gasteiger partial charge in [-0.2, -0.15) is 0 Å². The molecule has 1 aliphatic rings. The zero-order chi connectivity index (χ0) is 11.8. The fourth-order valence-electron chi connectivity index (χ4n) is 2.22. The van der Waals surface area contributed by atoms with Crippen LogP contribution in [0, 0.1) is 5.92 Å². The van der Waals surface area contributed by atoms with Crippen molar-refractivity contribution < 1.29 is 9.53 Å². The van der Waals surface area contributed by atoms with Crippen molar-refractivity contribution in [1.82, 2.24) is 10.6 Å². The summed E-state index contributed by atoms with van der Waals surface area (Å²) in [5.74, 6) is 0.840. The van der Waals surface area contributed by atoms with Gasteiger partial charge in [-0.25, -0.2) is 0 Å². The Labute approximate surface area is 98.1 Å². The molecule has 0 spiro atoms. The van der Waals surface area contributed by atoms with Gasteiger partial charge in [-0.1, -0.05) is 12.8 Å². The second kappa shape index (κ2) is 7.63. The first-order chi connectivity index (χ1) is 7.72. The summed E-state index contributed by atoms with van der Waals surface area (Å²) in [7, 11) is 1.64. The molecular formula is C12H24N2O2. The maximum atomic E-state index is 11.5. The molecule has 0 radical (unpaired) electrons. The zero-order valence-electron chi connectivity index (χ0n) is 10.4. The summed E-state index contributed by atoms with van der Waals surface area (Å²) in [5, 5.41) is 6.10. The summed E-state index contributed by atoms with van der Waals surface area (Å²) >= 11 is 0. The van der Waals surface area contributed by atoms with Crippen molar-refractivity contribution in [2.24, 2.45) is 5.92 Å². The van der Waals surface area contributed by atoms with Gasteiger partial charge in [0.05, 0.1) is 13.2 Å². The third-order valence-electron chi connectivity index (χ3n) is 3.02. The van der Waals surface area contributed by atoms with E-state index in [2.05, 4.69) is 10.6 Å². The lowest BCUT2D eigenvalue weighted by Gasteiger charge is -2.14. The standard InChI is InChI=1S/C12H24N2O2/c1-10(9-16-2)14-12(15)8-13-7-11-5-3-4-6-11/h10-11,13H,3-9H2,1-2H3,(H,14,15). The van der Waals surface area contributed by atoms with Crippen molar-refractivity contribution in [3.05, 3.63) is 0 Å². The average molecular weight is 228 g/mol. The van der Waals surface area contributed by atoms with Crippen LogP contribution in [0.25, 0.3) is 0 Å². The van der Waals surface area contributed by atoms with Crippen LogP contribution in [0.15, 0.2) is 0 Å². The normalized spacial score (nSPS) is 18.6. The first-order valence-corrected chi connectivity index (χ1v) is 6.21. The van der Waals surface area contributed by atoms with Crippen molar-refractivity contribution in [1.29, 1.82) is 0 Å². The lowest BCUT2D eigenvalue weighted by atomic mass is 10.1. The minimum atomic E-state index is 0.0579. The molecule has 1 fully saturated rings. The van der Waals surface area contributed by atoms with E-state index in [1.165, 1.54) is 25.7 Å². The van der Waals surface area contributed by atoms with Crippen molar-refractivity contribution >= 4 is 5.91 Å². The molecule has 0 saturated heterocycles. The molecule has 0 aromatic rings. The maximum absolute atomic E-state index is 11.5. The minimum absolute atomic E-state index is 0.0579. The van der Waals surface area contributed by atoms with Crippen LogP contribution in [-0.2, 0) is 9.53 Å². The van der Waals surface area contributed by atoms with E-state index in [0.717, 1.165) is 12.5 Å². The van der Waals surface area contributed by atoms with E-state index in [1.54, 1.807) is 7.11 Å². The highest BCUT2D eigenvalue weighted by molar-refractivity contribution is 5.78. The fourth-order valence-corrected chi connectivity index (χ4v) is 2.22. The molecule has 4 nitrogen and oxygen atoms in total. The van der Waals surface area contributed by atoms with Gasteiger partial charge in [0.15, 0.2) is 0 Å². The quantitative estimate of drug-likeness (QED) is 0.681. The van der Waals surface area contributed by atoms with Crippen LogP contribution < -0.4 is 10.6 Å². The monoisotopic (exact) mass is 228 g/mol. The largest absolute Gasteiger partial charge is 0.383 e. The molecule has 0 heterocycles. The van der Waals surface area contributed by atoms with Crippen molar-refractivity contribution in [2.45, 2.75) is 38.6 Å². The van der Waals surface area contributed by atoms with Crippen LogP contribution >= 0.6 is 0 Å². The van der Waals surface area contributed by atoms with Gasteiger partial charge in [-0.15, -0.1) is 0 Å². The van der Waals surface area contributed by atoms with Crippen molar-refractivity contribution in [2.75, 3.05) is 26.8 Å². The molecule has 16 heavy (non-hydrogen) atoms. The molecule has 4 heteroatoms. The number of methoxy groups -OCH3 is 1. The van der Waals surface area contributed by atoms with Gasteiger partial charge in [0.25, 0.3) is 0 Å². The lowest BCUT2D eigenvalue weighted by molar-refractivity contribution is -0.121. The summed E-state index contributed by atoms with van der Waals surface area (Å²) in [4.78, 5) is 11.5. The molecule has 1 amide bonds. The highest BCUT2D eigenvalue weighted by Crippen LogP contribution is 2.23. The lowest BCUT2D eigenvalue weighted by Crippen LogP contribution is -2.41. The Bertz CT molecular complexity index is 203. The van der Waals surface area contributed by atoms with Gasteiger partial charge in [0.1, 0.15) is 0 Å². The molecule has 1 aliphatic carbocycles. The molecule has 1 unspecified atom stereocenters. The van der Waals surface area contributed by atoms with Crippen molar-refractivity contribution in [3.8, 4) is 0 Å². The van der Waals surface area contributed by atoms with Gasteiger partial charge >= 0.3 is 0 Å². The number of amides is 1. The number of hydrogen-bond acceptors (Lipinski definition) is 3. The smallest absolute Gasteiger partial charge is 0.234 e. The summed E-state index contributed by atoms with van der Waals surface area (Å²) in [6, 6.07) is 0.0887. The number of hydrogen-bond donors (Lipinski definition) is 2. The second-order valence-corrected chi connectivity index (χ2v) is 4.71. The van der Waals surface area contributed by atoms with Gasteiger partial charge in [-0.3, -0.25) is 4.79 Å². The zero-order valence-corrected chi connectivity index (χ0v) is 10.4. The average Bonchev–Trinajstić information content (AvgIpc) is 2.70. The van der Waals surface area contributed by atoms with E-state index in [4.69, 9.17) is 4.74 Å². The molecule has 2 N–H and O–H groups in total. The Morgan fingerprint density at radius 1 is 1.44 bits per heavy atom. The summed E-state index contributed by atoms with van der Waals surface area (Å²) in [6.07, 6.45) is 5.33. The van der Waals surface area contributed by atoms with Crippen LogP contribution in [0.4, 0.5) is 0 Å². The third-order valence-corrected chi connectivity index (χ3v) is 3.02. The number of carbonyl (C=O) groups is 1.